The number of likely N-dealkylation sites (N-methyl/N-ethyl adjacent to an activating group) is 2. The van der Waals surface area contributed by atoms with E-state index < -0.39 is 0 Å². The SMILES string of the molecule is CCN(CC(=O)NC)C(=O)CC1(N)CCCC1. The zero-order chi connectivity index (χ0) is 12.9. The summed E-state index contributed by atoms with van der Waals surface area (Å²) < 4.78 is 0. The van der Waals surface area contributed by atoms with E-state index >= 15 is 0 Å². The molecular weight excluding hydrogens is 218 g/mol. The van der Waals surface area contributed by atoms with Crippen molar-refractivity contribution in [3.05, 3.63) is 0 Å². The molecule has 0 bridgehead atoms. The Labute approximate surface area is 103 Å². The fourth-order valence-electron chi connectivity index (χ4n) is 2.30. The van der Waals surface area contributed by atoms with Crippen molar-refractivity contribution in [1.29, 1.82) is 0 Å². The second kappa shape index (κ2) is 6.00. The van der Waals surface area contributed by atoms with Crippen molar-refractivity contribution in [2.45, 2.75) is 44.6 Å². The summed E-state index contributed by atoms with van der Waals surface area (Å²) in [6.07, 6.45) is 4.39. The van der Waals surface area contributed by atoms with Crippen LogP contribution >= 0.6 is 0 Å². The monoisotopic (exact) mass is 241 g/mol. The van der Waals surface area contributed by atoms with Gasteiger partial charge in [0.2, 0.25) is 11.8 Å². The highest BCUT2D eigenvalue weighted by Crippen LogP contribution is 2.30. The molecule has 17 heavy (non-hydrogen) atoms. The predicted octanol–water partition coefficient (Wildman–Crippen LogP) is 0.243. The van der Waals surface area contributed by atoms with Crippen LogP contribution in [0.15, 0.2) is 0 Å². The van der Waals surface area contributed by atoms with Crippen molar-refractivity contribution >= 4 is 11.8 Å². The molecule has 0 unspecified atom stereocenters. The van der Waals surface area contributed by atoms with Crippen LogP contribution in [0.25, 0.3) is 0 Å². The van der Waals surface area contributed by atoms with Crippen molar-refractivity contribution in [2.24, 2.45) is 5.73 Å². The van der Waals surface area contributed by atoms with Crippen LogP contribution in [0.3, 0.4) is 0 Å². The van der Waals surface area contributed by atoms with Gasteiger partial charge in [-0.25, -0.2) is 0 Å². The summed E-state index contributed by atoms with van der Waals surface area (Å²) in [5.74, 6) is -0.154. The highest BCUT2D eigenvalue weighted by Gasteiger charge is 2.33. The van der Waals surface area contributed by atoms with Gasteiger partial charge in [-0.05, 0) is 19.8 Å². The first kappa shape index (κ1) is 14.0. The average molecular weight is 241 g/mol. The molecule has 98 valence electrons. The summed E-state index contributed by atoms with van der Waals surface area (Å²) in [7, 11) is 1.57. The number of nitrogens with zero attached hydrogens (tertiary/aromatic N) is 1. The van der Waals surface area contributed by atoms with Gasteiger partial charge in [0, 0.05) is 25.6 Å². The van der Waals surface area contributed by atoms with Gasteiger partial charge in [0.1, 0.15) is 0 Å². The number of nitrogens with one attached hydrogen (secondary N) is 1. The van der Waals surface area contributed by atoms with E-state index in [1.807, 2.05) is 6.92 Å². The number of hydrogen-bond acceptors (Lipinski definition) is 3. The Morgan fingerprint density at radius 2 is 1.94 bits per heavy atom. The molecule has 1 fully saturated rings. The van der Waals surface area contributed by atoms with E-state index in [1.165, 1.54) is 0 Å². The van der Waals surface area contributed by atoms with Gasteiger partial charge in [-0.1, -0.05) is 12.8 Å². The Bertz CT molecular complexity index is 285. The molecule has 5 heteroatoms. The lowest BCUT2D eigenvalue weighted by molar-refractivity contribution is -0.136. The summed E-state index contributed by atoms with van der Waals surface area (Å²) in [6.45, 7) is 2.54. The molecule has 0 aromatic heterocycles. The Morgan fingerprint density at radius 3 is 2.41 bits per heavy atom. The molecule has 0 aromatic rings. The maximum absolute atomic E-state index is 12.1. The molecular formula is C12H23N3O2. The summed E-state index contributed by atoms with van der Waals surface area (Å²) in [5.41, 5.74) is 5.83. The first-order chi connectivity index (χ1) is 8.00. The van der Waals surface area contributed by atoms with Gasteiger partial charge in [-0.15, -0.1) is 0 Å². The van der Waals surface area contributed by atoms with Crippen LogP contribution in [0, 0.1) is 0 Å². The van der Waals surface area contributed by atoms with Crippen LogP contribution in [-0.2, 0) is 9.59 Å². The quantitative estimate of drug-likeness (QED) is 0.724. The van der Waals surface area contributed by atoms with Crippen molar-refractivity contribution in [3.63, 3.8) is 0 Å². The molecule has 1 saturated carbocycles. The predicted molar refractivity (Wildman–Crippen MR) is 66.3 cm³/mol. The number of carbonyl (C=O) groups excluding carboxylic acids is 2. The summed E-state index contributed by atoms with van der Waals surface area (Å²) in [4.78, 5) is 24.9. The molecule has 0 heterocycles. The molecule has 1 aliphatic carbocycles. The van der Waals surface area contributed by atoms with E-state index in [-0.39, 0.29) is 23.9 Å². The van der Waals surface area contributed by atoms with Crippen molar-refractivity contribution in [2.75, 3.05) is 20.1 Å². The number of carbonyl (C=O) groups is 2. The minimum atomic E-state index is -0.340. The fourth-order valence-corrected chi connectivity index (χ4v) is 2.30. The van der Waals surface area contributed by atoms with Gasteiger partial charge >= 0.3 is 0 Å². The van der Waals surface area contributed by atoms with Crippen molar-refractivity contribution in [1.82, 2.24) is 10.2 Å². The first-order valence-corrected chi connectivity index (χ1v) is 6.28. The average Bonchev–Trinajstić information content (AvgIpc) is 2.71. The van der Waals surface area contributed by atoms with Gasteiger partial charge in [-0.2, -0.15) is 0 Å². The Morgan fingerprint density at radius 1 is 1.35 bits per heavy atom. The third-order valence-electron chi connectivity index (χ3n) is 3.45. The maximum atomic E-state index is 12.1. The van der Waals surface area contributed by atoms with Crippen LogP contribution in [0.4, 0.5) is 0 Å². The third-order valence-corrected chi connectivity index (χ3v) is 3.45. The minimum absolute atomic E-state index is 0.0134. The van der Waals surface area contributed by atoms with Crippen molar-refractivity contribution < 1.29 is 9.59 Å². The number of rotatable bonds is 5. The largest absolute Gasteiger partial charge is 0.358 e. The molecule has 0 spiro atoms. The number of amides is 2. The van der Waals surface area contributed by atoms with E-state index in [2.05, 4.69) is 5.32 Å². The Kier molecular flexibility index (Phi) is 4.93. The molecule has 2 amide bonds. The molecule has 0 atom stereocenters. The molecule has 0 radical (unpaired) electrons. The van der Waals surface area contributed by atoms with Gasteiger partial charge in [0.15, 0.2) is 0 Å². The topological polar surface area (TPSA) is 75.4 Å². The molecule has 0 aromatic carbocycles. The highest BCUT2D eigenvalue weighted by atomic mass is 16.2. The van der Waals surface area contributed by atoms with E-state index in [0.29, 0.717) is 13.0 Å². The van der Waals surface area contributed by atoms with E-state index in [0.717, 1.165) is 25.7 Å². The first-order valence-electron chi connectivity index (χ1n) is 6.28. The van der Waals surface area contributed by atoms with Gasteiger partial charge in [-0.3, -0.25) is 9.59 Å². The lowest BCUT2D eigenvalue weighted by Crippen LogP contribution is -2.46. The van der Waals surface area contributed by atoms with Crippen molar-refractivity contribution in [3.8, 4) is 0 Å². The summed E-state index contributed by atoms with van der Waals surface area (Å²) in [5, 5.41) is 2.52. The van der Waals surface area contributed by atoms with E-state index in [4.69, 9.17) is 5.73 Å². The third kappa shape index (κ3) is 4.00. The summed E-state index contributed by atoms with van der Waals surface area (Å²) >= 11 is 0. The van der Waals surface area contributed by atoms with Gasteiger partial charge in [0.25, 0.3) is 0 Å². The zero-order valence-corrected chi connectivity index (χ0v) is 10.8. The molecule has 3 N–H and O–H groups in total. The Hall–Kier alpha value is -1.10. The standard InChI is InChI=1S/C12H23N3O2/c1-3-15(9-10(16)14-2)11(17)8-12(13)6-4-5-7-12/h3-9,13H2,1-2H3,(H,14,16). The van der Waals surface area contributed by atoms with Gasteiger partial charge in [0.05, 0.1) is 6.54 Å². The van der Waals surface area contributed by atoms with Gasteiger partial charge < -0.3 is 16.0 Å². The second-order valence-electron chi connectivity index (χ2n) is 4.83. The fraction of sp³-hybridized carbons (Fsp3) is 0.833. The summed E-state index contributed by atoms with van der Waals surface area (Å²) in [6, 6.07) is 0. The van der Waals surface area contributed by atoms with Crippen LogP contribution in [-0.4, -0.2) is 42.4 Å². The lowest BCUT2D eigenvalue weighted by atomic mass is 9.94. The molecule has 5 nitrogen and oxygen atoms in total. The van der Waals surface area contributed by atoms with Crippen LogP contribution in [0.5, 0.6) is 0 Å². The lowest BCUT2D eigenvalue weighted by Gasteiger charge is -2.27. The Balaban J connectivity index is 2.51. The normalized spacial score (nSPS) is 17.8. The van der Waals surface area contributed by atoms with Crippen LogP contribution in [0.2, 0.25) is 0 Å². The maximum Gasteiger partial charge on any atom is 0.239 e. The van der Waals surface area contributed by atoms with E-state index in [9.17, 15) is 9.59 Å². The minimum Gasteiger partial charge on any atom is -0.358 e. The molecule has 0 aliphatic heterocycles. The number of nitrogens with two attached hydrogens (primary N) is 1. The van der Waals surface area contributed by atoms with Crippen LogP contribution < -0.4 is 11.1 Å². The zero-order valence-electron chi connectivity index (χ0n) is 10.8. The molecule has 1 aliphatic rings. The molecule has 1 rings (SSSR count). The number of hydrogen-bond donors (Lipinski definition) is 2. The molecule has 0 saturated heterocycles. The second-order valence-corrected chi connectivity index (χ2v) is 4.83. The van der Waals surface area contributed by atoms with Crippen LogP contribution in [0.1, 0.15) is 39.0 Å². The van der Waals surface area contributed by atoms with E-state index in [1.54, 1.807) is 11.9 Å². The smallest absolute Gasteiger partial charge is 0.239 e. The highest BCUT2D eigenvalue weighted by molar-refractivity contribution is 5.85.